The number of carboxylic acids is 2. The zero-order valence-corrected chi connectivity index (χ0v) is 14.5. The molecule has 0 saturated carbocycles. The van der Waals surface area contributed by atoms with Gasteiger partial charge in [-0.05, 0) is 12.0 Å². The molecule has 144 valence electrons. The fraction of sp³-hybridized carbons (Fsp3) is 0.500. The lowest BCUT2D eigenvalue weighted by atomic mass is 9.89. The van der Waals surface area contributed by atoms with Gasteiger partial charge in [0.05, 0.1) is 31.7 Å². The SMILES string of the molecule is CC(=O)OCC(O)C(COCc1ccccc1)CC(CC(=O)O)C(=O)O. The minimum atomic E-state index is -1.26. The van der Waals surface area contributed by atoms with E-state index in [-0.39, 0.29) is 26.2 Å². The van der Waals surface area contributed by atoms with Crippen LogP contribution in [0.5, 0.6) is 0 Å². The quantitative estimate of drug-likeness (QED) is 0.471. The number of aliphatic carboxylic acids is 2. The van der Waals surface area contributed by atoms with Crippen molar-refractivity contribution in [1.29, 1.82) is 0 Å². The lowest BCUT2D eigenvalue weighted by Gasteiger charge is -2.25. The summed E-state index contributed by atoms with van der Waals surface area (Å²) in [5.41, 5.74) is 0.904. The van der Waals surface area contributed by atoms with Gasteiger partial charge in [-0.3, -0.25) is 14.4 Å². The number of carbonyl (C=O) groups is 3. The number of hydrogen-bond acceptors (Lipinski definition) is 6. The Kier molecular flexibility index (Phi) is 9.32. The molecule has 0 aliphatic heterocycles. The first-order valence-corrected chi connectivity index (χ1v) is 8.17. The van der Waals surface area contributed by atoms with E-state index >= 15 is 0 Å². The van der Waals surface area contributed by atoms with Crippen molar-refractivity contribution in [3.05, 3.63) is 35.9 Å². The number of ether oxygens (including phenoxy) is 2. The van der Waals surface area contributed by atoms with Gasteiger partial charge in [-0.15, -0.1) is 0 Å². The maximum absolute atomic E-state index is 11.3. The van der Waals surface area contributed by atoms with Crippen LogP contribution in [-0.4, -0.2) is 52.5 Å². The van der Waals surface area contributed by atoms with Crippen LogP contribution in [0.2, 0.25) is 0 Å². The third kappa shape index (κ3) is 8.59. The van der Waals surface area contributed by atoms with Gasteiger partial charge in [-0.2, -0.15) is 0 Å². The molecule has 0 radical (unpaired) electrons. The molecule has 8 heteroatoms. The molecule has 0 heterocycles. The second-order valence-corrected chi connectivity index (χ2v) is 6.00. The minimum Gasteiger partial charge on any atom is -0.481 e. The predicted molar refractivity (Wildman–Crippen MR) is 90.2 cm³/mol. The highest BCUT2D eigenvalue weighted by molar-refractivity contribution is 5.77. The number of aliphatic hydroxyl groups is 1. The second kappa shape index (κ2) is 11.2. The van der Waals surface area contributed by atoms with Gasteiger partial charge < -0.3 is 24.8 Å². The zero-order chi connectivity index (χ0) is 19.5. The Balaban J connectivity index is 2.71. The van der Waals surface area contributed by atoms with Crippen LogP contribution in [-0.2, 0) is 30.5 Å². The average Bonchev–Trinajstić information content (AvgIpc) is 2.58. The Morgan fingerprint density at radius 3 is 2.27 bits per heavy atom. The van der Waals surface area contributed by atoms with Gasteiger partial charge in [0.25, 0.3) is 0 Å². The summed E-state index contributed by atoms with van der Waals surface area (Å²) in [5, 5.41) is 28.3. The maximum Gasteiger partial charge on any atom is 0.307 e. The lowest BCUT2D eigenvalue weighted by molar-refractivity contribution is -0.151. The summed E-state index contributed by atoms with van der Waals surface area (Å²) in [7, 11) is 0. The van der Waals surface area contributed by atoms with E-state index < -0.39 is 42.3 Å². The van der Waals surface area contributed by atoms with Crippen LogP contribution < -0.4 is 0 Å². The molecule has 0 saturated heterocycles. The number of carboxylic acid groups (broad SMARTS) is 2. The van der Waals surface area contributed by atoms with E-state index in [9.17, 15) is 24.6 Å². The predicted octanol–water partition coefficient (Wildman–Crippen LogP) is 1.31. The summed E-state index contributed by atoms with van der Waals surface area (Å²) in [5.74, 6) is -4.95. The van der Waals surface area contributed by atoms with Crippen LogP contribution in [0.25, 0.3) is 0 Å². The van der Waals surface area contributed by atoms with Crippen molar-refractivity contribution in [3.63, 3.8) is 0 Å². The largest absolute Gasteiger partial charge is 0.481 e. The number of carbonyl (C=O) groups excluding carboxylic acids is 1. The molecule has 3 unspecified atom stereocenters. The second-order valence-electron chi connectivity index (χ2n) is 6.00. The summed E-state index contributed by atoms with van der Waals surface area (Å²) in [4.78, 5) is 33.0. The molecule has 0 aliphatic carbocycles. The average molecular weight is 368 g/mol. The van der Waals surface area contributed by atoms with Crippen molar-refractivity contribution in [2.75, 3.05) is 13.2 Å². The highest BCUT2D eigenvalue weighted by atomic mass is 16.5. The Hall–Kier alpha value is -2.45. The molecule has 0 amide bonds. The lowest BCUT2D eigenvalue weighted by Crippen LogP contribution is -2.34. The zero-order valence-electron chi connectivity index (χ0n) is 14.5. The Bertz CT molecular complexity index is 586. The van der Waals surface area contributed by atoms with E-state index in [1.807, 2.05) is 30.3 Å². The van der Waals surface area contributed by atoms with Crippen LogP contribution in [0.1, 0.15) is 25.3 Å². The first kappa shape index (κ1) is 21.6. The number of rotatable bonds is 12. The van der Waals surface area contributed by atoms with Crippen molar-refractivity contribution >= 4 is 17.9 Å². The smallest absolute Gasteiger partial charge is 0.307 e. The molecule has 1 aromatic carbocycles. The van der Waals surface area contributed by atoms with E-state index in [1.54, 1.807) is 0 Å². The van der Waals surface area contributed by atoms with Crippen LogP contribution in [0.15, 0.2) is 30.3 Å². The number of hydrogen-bond donors (Lipinski definition) is 3. The van der Waals surface area contributed by atoms with Gasteiger partial charge in [0.15, 0.2) is 0 Å². The van der Waals surface area contributed by atoms with Crippen molar-refractivity contribution in [2.24, 2.45) is 11.8 Å². The molecular weight excluding hydrogens is 344 g/mol. The van der Waals surface area contributed by atoms with E-state index in [4.69, 9.17) is 14.6 Å². The molecule has 1 rings (SSSR count). The Morgan fingerprint density at radius 1 is 1.08 bits per heavy atom. The van der Waals surface area contributed by atoms with Crippen molar-refractivity contribution < 1.29 is 39.2 Å². The normalized spacial score (nSPS) is 14.2. The van der Waals surface area contributed by atoms with Gasteiger partial charge >= 0.3 is 17.9 Å². The molecule has 3 N–H and O–H groups in total. The van der Waals surface area contributed by atoms with Crippen LogP contribution in [0, 0.1) is 11.8 Å². The summed E-state index contributed by atoms with van der Waals surface area (Å²) in [6, 6.07) is 9.26. The van der Waals surface area contributed by atoms with Crippen molar-refractivity contribution in [3.8, 4) is 0 Å². The van der Waals surface area contributed by atoms with E-state index in [0.29, 0.717) is 0 Å². The number of esters is 1. The Labute approximate surface area is 151 Å². The van der Waals surface area contributed by atoms with Crippen molar-refractivity contribution in [1.82, 2.24) is 0 Å². The van der Waals surface area contributed by atoms with E-state index in [2.05, 4.69) is 0 Å². The van der Waals surface area contributed by atoms with Crippen molar-refractivity contribution in [2.45, 2.75) is 32.5 Å². The molecule has 0 fully saturated rings. The third-order valence-electron chi connectivity index (χ3n) is 3.80. The molecular formula is C18H24O8. The van der Waals surface area contributed by atoms with Crippen LogP contribution >= 0.6 is 0 Å². The summed E-state index contributed by atoms with van der Waals surface area (Å²) >= 11 is 0. The minimum absolute atomic E-state index is 0.000719. The van der Waals surface area contributed by atoms with Gasteiger partial charge in [0.1, 0.15) is 6.61 Å². The first-order chi connectivity index (χ1) is 12.3. The molecule has 1 aromatic rings. The number of benzene rings is 1. The molecule has 0 spiro atoms. The topological polar surface area (TPSA) is 130 Å². The van der Waals surface area contributed by atoms with Gasteiger partial charge in [0.2, 0.25) is 0 Å². The summed E-state index contributed by atoms with van der Waals surface area (Å²) in [6.45, 7) is 1.14. The fourth-order valence-corrected chi connectivity index (χ4v) is 2.43. The maximum atomic E-state index is 11.3. The van der Waals surface area contributed by atoms with E-state index in [1.165, 1.54) is 6.92 Å². The highest BCUT2D eigenvalue weighted by Crippen LogP contribution is 2.21. The summed E-state index contributed by atoms with van der Waals surface area (Å²) in [6.07, 6.45) is -1.84. The van der Waals surface area contributed by atoms with E-state index in [0.717, 1.165) is 5.56 Å². The van der Waals surface area contributed by atoms with Gasteiger partial charge in [-0.25, -0.2) is 0 Å². The monoisotopic (exact) mass is 368 g/mol. The molecule has 26 heavy (non-hydrogen) atoms. The molecule has 0 aliphatic rings. The standard InChI is InChI=1S/C18H24O8/c1-12(19)26-11-16(20)15(7-14(18(23)24)8-17(21)22)10-25-9-13-5-3-2-4-6-13/h2-6,14-16,20H,7-11H2,1H3,(H,21,22)(H,23,24). The summed E-state index contributed by atoms with van der Waals surface area (Å²) < 4.78 is 10.3. The first-order valence-electron chi connectivity index (χ1n) is 8.17. The molecule has 3 atom stereocenters. The third-order valence-corrected chi connectivity index (χ3v) is 3.80. The van der Waals surface area contributed by atoms with Gasteiger partial charge in [-0.1, -0.05) is 30.3 Å². The van der Waals surface area contributed by atoms with Crippen LogP contribution in [0.3, 0.4) is 0 Å². The Morgan fingerprint density at radius 2 is 1.73 bits per heavy atom. The number of aliphatic hydroxyl groups excluding tert-OH is 1. The van der Waals surface area contributed by atoms with Crippen LogP contribution in [0.4, 0.5) is 0 Å². The molecule has 8 nitrogen and oxygen atoms in total. The molecule has 0 aromatic heterocycles. The highest BCUT2D eigenvalue weighted by Gasteiger charge is 2.29. The fourth-order valence-electron chi connectivity index (χ4n) is 2.43. The van der Waals surface area contributed by atoms with Gasteiger partial charge in [0, 0.05) is 12.8 Å². The molecule has 0 bridgehead atoms.